The first-order valence-electron chi connectivity index (χ1n) is 15.2. The van der Waals surface area contributed by atoms with Gasteiger partial charge in [0.25, 0.3) is 0 Å². The van der Waals surface area contributed by atoms with Crippen molar-refractivity contribution in [1.29, 1.82) is 0 Å². The number of amides is 1. The van der Waals surface area contributed by atoms with Gasteiger partial charge in [0.1, 0.15) is 11.9 Å². The maximum atomic E-state index is 13.4. The molecule has 3 aromatic rings. The van der Waals surface area contributed by atoms with Crippen molar-refractivity contribution in [3.05, 3.63) is 71.0 Å². The Balaban J connectivity index is 1.33. The molecular weight excluding hydrogens is 589 g/mol. The molecule has 12 heteroatoms. The number of aliphatic carboxylic acids is 1. The maximum Gasteiger partial charge on any atom is 0.416 e. The summed E-state index contributed by atoms with van der Waals surface area (Å²) in [5, 5.41) is 9.43. The molecule has 2 aliphatic heterocycles. The number of alkyl halides is 3. The summed E-state index contributed by atoms with van der Waals surface area (Å²) in [4.78, 5) is 37.8. The smallest absolute Gasteiger partial charge is 0.416 e. The average molecular weight is 625 g/mol. The lowest BCUT2D eigenvalue weighted by atomic mass is 9.78. The summed E-state index contributed by atoms with van der Waals surface area (Å²) in [5.74, 6) is 0.250. The van der Waals surface area contributed by atoms with Crippen molar-refractivity contribution in [3.8, 4) is 16.9 Å². The summed E-state index contributed by atoms with van der Waals surface area (Å²) >= 11 is 0. The van der Waals surface area contributed by atoms with Crippen molar-refractivity contribution < 1.29 is 37.3 Å². The predicted molar refractivity (Wildman–Crippen MR) is 159 cm³/mol. The fourth-order valence-electron chi connectivity index (χ4n) is 6.50. The van der Waals surface area contributed by atoms with E-state index in [4.69, 9.17) is 14.5 Å². The molecule has 3 heterocycles. The Hall–Kier alpha value is -4.35. The van der Waals surface area contributed by atoms with Gasteiger partial charge >= 0.3 is 18.2 Å². The van der Waals surface area contributed by atoms with Crippen molar-refractivity contribution >= 4 is 18.0 Å². The van der Waals surface area contributed by atoms with Crippen LogP contribution >= 0.6 is 0 Å². The third kappa shape index (κ3) is 6.14. The first kappa shape index (κ1) is 30.7. The van der Waals surface area contributed by atoms with Crippen molar-refractivity contribution in [3.63, 3.8) is 0 Å². The maximum absolute atomic E-state index is 13.4. The molecule has 9 nitrogen and oxygen atoms in total. The minimum Gasteiger partial charge on any atom is -0.496 e. The fourth-order valence-corrected chi connectivity index (χ4v) is 6.50. The lowest BCUT2D eigenvalue weighted by molar-refractivity contribution is -0.143. The monoisotopic (exact) mass is 624 g/mol. The second-order valence-electron chi connectivity index (χ2n) is 12.0. The molecule has 2 unspecified atom stereocenters. The molecule has 1 N–H and O–H groups in total. The van der Waals surface area contributed by atoms with Crippen LogP contribution in [-0.4, -0.2) is 58.3 Å². The van der Waals surface area contributed by atoms with Gasteiger partial charge in [0.2, 0.25) is 5.95 Å². The summed E-state index contributed by atoms with van der Waals surface area (Å²) in [6.45, 7) is 3.43. The number of rotatable bonds is 8. The number of methoxy groups -OCH3 is 1. The number of carbonyl (C=O) groups excluding carboxylic acids is 1. The van der Waals surface area contributed by atoms with Gasteiger partial charge in [0.15, 0.2) is 0 Å². The normalized spacial score (nSPS) is 23.4. The molecule has 1 aliphatic carbocycles. The van der Waals surface area contributed by atoms with Gasteiger partial charge in [-0.2, -0.15) is 13.2 Å². The summed E-state index contributed by atoms with van der Waals surface area (Å²) in [5.41, 5.74) is 2.50. The Kier molecular flexibility index (Phi) is 8.32. The zero-order chi connectivity index (χ0) is 31.9. The number of anilines is 1. The zero-order valence-corrected chi connectivity index (χ0v) is 25.1. The molecule has 1 amide bonds. The van der Waals surface area contributed by atoms with Gasteiger partial charge in [0.05, 0.1) is 36.9 Å². The molecular formula is C33H35F3N4O5. The minimum absolute atomic E-state index is 0.0469. The summed E-state index contributed by atoms with van der Waals surface area (Å²) < 4.78 is 51.6. The van der Waals surface area contributed by atoms with Crippen molar-refractivity contribution in [2.75, 3.05) is 25.1 Å². The van der Waals surface area contributed by atoms with Crippen LogP contribution in [0.15, 0.2) is 48.7 Å². The highest BCUT2D eigenvalue weighted by Gasteiger charge is 2.41. The summed E-state index contributed by atoms with van der Waals surface area (Å²) in [6, 6.07) is 10.2. The molecule has 2 aromatic carbocycles. The largest absolute Gasteiger partial charge is 0.496 e. The van der Waals surface area contributed by atoms with Gasteiger partial charge in [-0.3, -0.25) is 9.69 Å². The van der Waals surface area contributed by atoms with Crippen molar-refractivity contribution in [2.24, 2.45) is 5.92 Å². The topological polar surface area (TPSA) is 105 Å². The number of hydrogen-bond donors (Lipinski definition) is 1. The highest BCUT2D eigenvalue weighted by molar-refractivity contribution is 5.75. The number of carbonyl (C=O) groups is 2. The fraction of sp³-hybridized carbons (Fsp3) is 0.455. The second-order valence-corrected chi connectivity index (χ2v) is 12.0. The molecule has 1 saturated carbocycles. The van der Waals surface area contributed by atoms with E-state index in [0.29, 0.717) is 35.8 Å². The molecule has 1 aromatic heterocycles. The molecule has 0 bridgehead atoms. The van der Waals surface area contributed by atoms with Crippen LogP contribution < -0.4 is 9.64 Å². The van der Waals surface area contributed by atoms with Gasteiger partial charge in [0, 0.05) is 30.4 Å². The van der Waals surface area contributed by atoms with Crippen LogP contribution in [0.3, 0.4) is 0 Å². The van der Waals surface area contributed by atoms with Crippen LogP contribution in [-0.2, 0) is 22.3 Å². The van der Waals surface area contributed by atoms with Crippen LogP contribution in [0.25, 0.3) is 11.1 Å². The van der Waals surface area contributed by atoms with E-state index >= 15 is 0 Å². The molecule has 238 valence electrons. The molecule has 0 spiro atoms. The number of ether oxygens (including phenoxy) is 2. The zero-order valence-electron chi connectivity index (χ0n) is 25.1. The van der Waals surface area contributed by atoms with Gasteiger partial charge in [-0.25, -0.2) is 14.8 Å². The third-order valence-electron chi connectivity index (χ3n) is 9.31. The number of cyclic esters (lactones) is 1. The Bertz CT molecular complexity index is 1590. The third-order valence-corrected chi connectivity index (χ3v) is 9.31. The number of nitrogens with zero attached hydrogens (tertiary/aromatic N) is 4. The number of carboxylic acid groups (broad SMARTS) is 1. The van der Waals surface area contributed by atoms with Gasteiger partial charge in [-0.1, -0.05) is 18.2 Å². The van der Waals surface area contributed by atoms with Gasteiger partial charge < -0.3 is 19.5 Å². The van der Waals surface area contributed by atoms with E-state index in [1.54, 1.807) is 20.2 Å². The quantitative estimate of drug-likeness (QED) is 0.291. The Morgan fingerprint density at radius 1 is 1.07 bits per heavy atom. The van der Waals surface area contributed by atoms with E-state index in [-0.39, 0.29) is 23.9 Å². The molecule has 45 heavy (non-hydrogen) atoms. The first-order chi connectivity index (χ1) is 21.5. The lowest BCUT2D eigenvalue weighted by Crippen LogP contribution is -2.39. The summed E-state index contributed by atoms with van der Waals surface area (Å²) in [6.07, 6.45) is -0.556. The number of halogens is 3. The summed E-state index contributed by atoms with van der Waals surface area (Å²) in [7, 11) is 1.57. The Labute approximate surface area is 259 Å². The average Bonchev–Trinajstić information content (AvgIpc) is 3.28. The van der Waals surface area contributed by atoms with Gasteiger partial charge in [-0.05, 0) is 80.3 Å². The van der Waals surface area contributed by atoms with E-state index in [1.165, 1.54) is 17.0 Å². The standard InChI is InChI=1S/C33H35F3N4O5/c1-19-29(23-5-3-6-24(15-23)33(34,35)36)45-32(43)40(19)18-27-26(17-37-31(38-27)39-13-4-14-39)25-16-22(11-12-28(25)44-2)20-7-9-21(10-8-20)30(41)42/h3,5-6,11-12,15-17,19-21,29H,4,7-10,13-14,18H2,1-2H3,(H,41,42). The van der Waals surface area contributed by atoms with E-state index in [1.807, 2.05) is 23.1 Å². The van der Waals surface area contributed by atoms with Crippen LogP contribution in [0.4, 0.5) is 23.9 Å². The lowest BCUT2D eigenvalue weighted by Gasteiger charge is -2.31. The number of hydrogen-bond acceptors (Lipinski definition) is 7. The van der Waals surface area contributed by atoms with Crippen LogP contribution in [0.5, 0.6) is 5.75 Å². The predicted octanol–water partition coefficient (Wildman–Crippen LogP) is 6.82. The second kappa shape index (κ2) is 12.2. The van der Waals surface area contributed by atoms with Crippen molar-refractivity contribution in [2.45, 2.75) is 69.8 Å². The van der Waals surface area contributed by atoms with Gasteiger partial charge in [-0.15, -0.1) is 0 Å². The van der Waals surface area contributed by atoms with Crippen LogP contribution in [0, 0.1) is 5.92 Å². The number of benzene rings is 2. The molecule has 3 aliphatic rings. The Morgan fingerprint density at radius 2 is 1.82 bits per heavy atom. The van der Waals surface area contributed by atoms with Crippen LogP contribution in [0.1, 0.15) is 73.4 Å². The molecule has 2 atom stereocenters. The highest BCUT2D eigenvalue weighted by Crippen LogP contribution is 2.42. The minimum atomic E-state index is -4.52. The molecule has 0 radical (unpaired) electrons. The van der Waals surface area contributed by atoms with E-state index in [0.717, 1.165) is 55.6 Å². The Morgan fingerprint density at radius 3 is 2.47 bits per heavy atom. The van der Waals surface area contributed by atoms with E-state index in [2.05, 4.69) is 4.98 Å². The SMILES string of the molecule is COc1ccc(C2CCC(C(=O)O)CC2)cc1-c1cnc(N2CCC2)nc1CN1C(=O)OC(c2cccc(C(F)(F)F)c2)C1C. The van der Waals surface area contributed by atoms with Crippen molar-refractivity contribution in [1.82, 2.24) is 14.9 Å². The number of aromatic nitrogens is 2. The van der Waals surface area contributed by atoms with E-state index < -0.39 is 35.9 Å². The highest BCUT2D eigenvalue weighted by atomic mass is 19.4. The molecule has 2 saturated heterocycles. The molecule has 6 rings (SSSR count). The first-order valence-corrected chi connectivity index (χ1v) is 15.2. The van der Waals surface area contributed by atoms with Crippen LogP contribution in [0.2, 0.25) is 0 Å². The molecule has 3 fully saturated rings. The van der Waals surface area contributed by atoms with E-state index in [9.17, 15) is 27.9 Å². The number of carboxylic acids is 1.